The van der Waals surface area contributed by atoms with Crippen molar-refractivity contribution in [1.29, 1.82) is 0 Å². The summed E-state index contributed by atoms with van der Waals surface area (Å²) < 4.78 is 23.5. The lowest BCUT2D eigenvalue weighted by molar-refractivity contribution is 0.292. The second kappa shape index (κ2) is 13.1. The highest BCUT2D eigenvalue weighted by molar-refractivity contribution is 14.0. The normalized spacial score (nSPS) is 14.2. The molecule has 0 aliphatic carbocycles. The second-order valence-corrected chi connectivity index (χ2v) is 10.0. The Bertz CT molecular complexity index is 472. The van der Waals surface area contributed by atoms with Gasteiger partial charge in [-0.1, -0.05) is 13.8 Å². The summed E-state index contributed by atoms with van der Waals surface area (Å²) in [4.78, 5) is 6.59. The first-order valence-corrected chi connectivity index (χ1v) is 10.6. The van der Waals surface area contributed by atoms with Crippen molar-refractivity contribution in [2.24, 2.45) is 4.99 Å². The Kier molecular flexibility index (Phi) is 14.3. The van der Waals surface area contributed by atoms with Crippen LogP contribution in [0.15, 0.2) is 4.99 Å². The van der Waals surface area contributed by atoms with Gasteiger partial charge in [0.05, 0.1) is 10.5 Å². The molecule has 2 N–H and O–H groups in total. The highest BCUT2D eigenvalue weighted by Gasteiger charge is 2.28. The van der Waals surface area contributed by atoms with Crippen LogP contribution in [0.4, 0.5) is 0 Å². The largest absolute Gasteiger partial charge is 0.355 e. The molecule has 0 radical (unpaired) electrons. The fraction of sp³-hybridized carbons (Fsp3) is 0.941. The Labute approximate surface area is 172 Å². The van der Waals surface area contributed by atoms with Crippen LogP contribution in [0.3, 0.4) is 0 Å². The summed E-state index contributed by atoms with van der Waals surface area (Å²) in [6, 6.07) is 0.297. The van der Waals surface area contributed by atoms with E-state index in [-0.39, 0.29) is 29.7 Å². The summed E-state index contributed by atoms with van der Waals surface area (Å²) in [5, 5.41) is 6.43. The molecule has 0 saturated carbocycles. The molecule has 1 unspecified atom stereocenters. The molecule has 0 fully saturated rings. The summed E-state index contributed by atoms with van der Waals surface area (Å²) in [7, 11) is -1.41. The van der Waals surface area contributed by atoms with Gasteiger partial charge in [0.1, 0.15) is 0 Å². The van der Waals surface area contributed by atoms with Gasteiger partial charge in [0.15, 0.2) is 15.8 Å². The molecule has 0 bridgehead atoms. The van der Waals surface area contributed by atoms with E-state index in [1.807, 2.05) is 0 Å². The number of nitrogens with one attached hydrogen (secondary N) is 2. The quantitative estimate of drug-likeness (QED) is 0.280. The number of halogens is 1. The number of hydrogen-bond donors (Lipinski definition) is 2. The van der Waals surface area contributed by atoms with E-state index in [2.05, 4.69) is 41.3 Å². The zero-order valence-corrected chi connectivity index (χ0v) is 20.2. The van der Waals surface area contributed by atoms with Gasteiger partial charge in [-0.15, -0.1) is 24.0 Å². The first-order valence-electron chi connectivity index (χ1n) is 8.99. The van der Waals surface area contributed by atoms with Gasteiger partial charge in [-0.25, -0.2) is 8.42 Å². The molecule has 0 amide bonds. The van der Waals surface area contributed by atoms with Gasteiger partial charge in [0.2, 0.25) is 0 Å². The molecule has 0 aliphatic heterocycles. The topological polar surface area (TPSA) is 73.8 Å². The van der Waals surface area contributed by atoms with Crippen molar-refractivity contribution in [2.45, 2.75) is 65.2 Å². The first kappa shape index (κ1) is 27.1. The molecule has 0 rings (SSSR count). The van der Waals surface area contributed by atoms with E-state index in [0.717, 1.165) is 32.5 Å². The zero-order chi connectivity index (χ0) is 18.8. The molecule has 0 saturated heterocycles. The molecular weight excluding hydrogens is 451 g/mol. The van der Waals surface area contributed by atoms with Crippen LogP contribution in [0.25, 0.3) is 0 Å². The van der Waals surface area contributed by atoms with E-state index in [0.29, 0.717) is 18.5 Å². The Morgan fingerprint density at radius 2 is 1.76 bits per heavy atom. The molecule has 1 atom stereocenters. The maximum Gasteiger partial charge on any atom is 0.191 e. The van der Waals surface area contributed by atoms with Gasteiger partial charge >= 0.3 is 0 Å². The molecule has 0 aromatic heterocycles. The van der Waals surface area contributed by atoms with E-state index in [1.165, 1.54) is 0 Å². The van der Waals surface area contributed by atoms with Gasteiger partial charge in [-0.05, 0) is 60.2 Å². The maximum atomic E-state index is 12.1. The molecule has 152 valence electrons. The molecule has 0 aromatic carbocycles. The molecule has 6 nitrogen and oxygen atoms in total. The van der Waals surface area contributed by atoms with Crippen LogP contribution in [0.5, 0.6) is 0 Å². The molecule has 0 aromatic rings. The van der Waals surface area contributed by atoms with Crippen molar-refractivity contribution >= 4 is 39.8 Å². The summed E-state index contributed by atoms with van der Waals surface area (Å²) in [5.74, 6) is 0.766. The average Bonchev–Trinajstić information content (AvgIpc) is 2.49. The van der Waals surface area contributed by atoms with Crippen molar-refractivity contribution in [1.82, 2.24) is 15.5 Å². The van der Waals surface area contributed by atoms with Crippen molar-refractivity contribution in [3.63, 3.8) is 0 Å². The third-order valence-electron chi connectivity index (χ3n) is 4.21. The van der Waals surface area contributed by atoms with E-state index in [9.17, 15) is 8.42 Å². The minimum atomic E-state index is -3.11. The monoisotopic (exact) mass is 490 g/mol. The van der Waals surface area contributed by atoms with Crippen molar-refractivity contribution in [3.8, 4) is 0 Å². The summed E-state index contributed by atoms with van der Waals surface area (Å²) >= 11 is 0. The summed E-state index contributed by atoms with van der Waals surface area (Å²) in [5.41, 5.74) is 0. The third kappa shape index (κ3) is 11.3. The number of rotatable bonds is 10. The van der Waals surface area contributed by atoms with Crippen molar-refractivity contribution in [2.75, 3.05) is 39.0 Å². The predicted octanol–water partition coefficient (Wildman–Crippen LogP) is 2.49. The van der Waals surface area contributed by atoms with Crippen LogP contribution in [0.1, 0.15) is 54.4 Å². The average molecular weight is 490 g/mol. The molecule has 0 aliphatic rings. The second-order valence-electron chi connectivity index (χ2n) is 7.14. The summed E-state index contributed by atoms with van der Waals surface area (Å²) in [6.45, 7) is 15.3. The molecular formula is C17H39IN4O2S. The third-order valence-corrected chi connectivity index (χ3v) is 6.82. The van der Waals surface area contributed by atoms with Crippen LogP contribution in [-0.2, 0) is 9.84 Å². The van der Waals surface area contributed by atoms with Crippen molar-refractivity contribution in [3.05, 3.63) is 0 Å². The Hall–Kier alpha value is -0.0900. The van der Waals surface area contributed by atoms with Crippen LogP contribution < -0.4 is 10.6 Å². The van der Waals surface area contributed by atoms with E-state index >= 15 is 0 Å². The number of nitrogens with zero attached hydrogens (tertiary/aromatic N) is 2. The Balaban J connectivity index is 0. The van der Waals surface area contributed by atoms with E-state index in [4.69, 9.17) is 0 Å². The molecule has 0 heterocycles. The van der Waals surface area contributed by atoms with Gasteiger partial charge in [-0.2, -0.15) is 0 Å². The number of aliphatic imine (C=N–C) groups is 1. The lowest BCUT2D eigenvalue weighted by Gasteiger charge is -2.22. The van der Waals surface area contributed by atoms with E-state index < -0.39 is 14.6 Å². The minimum absolute atomic E-state index is 0. The lowest BCUT2D eigenvalue weighted by Crippen LogP contribution is -2.45. The number of guanidine groups is 1. The van der Waals surface area contributed by atoms with Crippen LogP contribution in [0, 0.1) is 0 Å². The number of sulfone groups is 1. The zero-order valence-electron chi connectivity index (χ0n) is 17.1. The van der Waals surface area contributed by atoms with Gasteiger partial charge < -0.3 is 15.5 Å². The summed E-state index contributed by atoms with van der Waals surface area (Å²) in [6.07, 6.45) is 2.18. The van der Waals surface area contributed by atoms with Gasteiger partial charge in [-0.3, -0.25) is 4.99 Å². The van der Waals surface area contributed by atoms with Gasteiger partial charge in [0.25, 0.3) is 0 Å². The number of hydrogen-bond acceptors (Lipinski definition) is 4. The van der Waals surface area contributed by atoms with Gasteiger partial charge in [0, 0.05) is 19.6 Å². The highest BCUT2D eigenvalue weighted by Crippen LogP contribution is 2.15. The predicted molar refractivity (Wildman–Crippen MR) is 120 cm³/mol. The smallest absolute Gasteiger partial charge is 0.191 e. The highest BCUT2D eigenvalue weighted by atomic mass is 127. The SMILES string of the molecule is CCN(CC)CCCC(C)NC(=NC)NCCS(=O)(=O)C(C)(C)C.I. The fourth-order valence-corrected chi connectivity index (χ4v) is 3.25. The fourth-order valence-electron chi connectivity index (χ4n) is 2.27. The molecule has 25 heavy (non-hydrogen) atoms. The van der Waals surface area contributed by atoms with Crippen LogP contribution in [-0.4, -0.2) is 69.0 Å². The van der Waals surface area contributed by atoms with Crippen molar-refractivity contribution < 1.29 is 8.42 Å². The Morgan fingerprint density at radius 3 is 2.20 bits per heavy atom. The van der Waals surface area contributed by atoms with E-state index in [1.54, 1.807) is 27.8 Å². The van der Waals surface area contributed by atoms with Crippen LogP contribution >= 0.6 is 24.0 Å². The lowest BCUT2D eigenvalue weighted by atomic mass is 10.2. The molecule has 8 heteroatoms. The Morgan fingerprint density at radius 1 is 1.20 bits per heavy atom. The standard InChI is InChI=1S/C17H38N4O2S.HI/c1-8-21(9-2)13-10-11-15(3)20-16(18-7)19-12-14-24(22,23)17(4,5)6;/h15H,8-14H2,1-7H3,(H2,18,19,20);1H. The van der Waals surface area contributed by atoms with Crippen LogP contribution in [0.2, 0.25) is 0 Å². The molecule has 0 spiro atoms. The maximum absolute atomic E-state index is 12.1. The minimum Gasteiger partial charge on any atom is -0.355 e. The first-order chi connectivity index (χ1) is 11.1.